The lowest BCUT2D eigenvalue weighted by Crippen LogP contribution is -2.63. The molecule has 0 spiro atoms. The first kappa shape index (κ1) is 22.7. The van der Waals surface area contributed by atoms with Crippen LogP contribution in [0.15, 0.2) is 0 Å². The fourth-order valence-electron chi connectivity index (χ4n) is 1.88. The van der Waals surface area contributed by atoms with Gasteiger partial charge in [0.15, 0.2) is 17.2 Å². The summed E-state index contributed by atoms with van der Waals surface area (Å²) in [4.78, 5) is 36.0. The van der Waals surface area contributed by atoms with E-state index in [4.69, 9.17) is 4.74 Å². The molecule has 0 aliphatic heterocycles. The number of ketones is 2. The van der Waals surface area contributed by atoms with Crippen LogP contribution in [0.25, 0.3) is 0 Å². The van der Waals surface area contributed by atoms with Crippen molar-refractivity contribution in [2.75, 3.05) is 6.61 Å². The van der Waals surface area contributed by atoms with Crippen molar-refractivity contribution in [3.05, 3.63) is 0 Å². The molecule has 0 fully saturated rings. The Labute approximate surface area is 143 Å². The standard InChI is InChI=1S/C17H30O7/c1-8-10(18)24-9-17(23,13(21)11(19)15(2,3)4)14(22)12(20)16(5,6)7/h13-14,21-23H,8-9H2,1-7H3. The topological polar surface area (TPSA) is 121 Å². The van der Waals surface area contributed by atoms with Crippen LogP contribution in [0, 0.1) is 10.8 Å². The Morgan fingerprint density at radius 2 is 1.21 bits per heavy atom. The number of carbonyl (C=O) groups excluding carboxylic acids is 3. The van der Waals surface area contributed by atoms with E-state index in [0.29, 0.717) is 0 Å². The van der Waals surface area contributed by atoms with Gasteiger partial charge in [-0.2, -0.15) is 0 Å². The SMILES string of the molecule is CCC(=O)OCC(O)(C(O)C(=O)C(C)(C)C)C(O)C(=O)C(C)(C)C. The molecule has 0 aliphatic rings. The predicted molar refractivity (Wildman–Crippen MR) is 87.1 cm³/mol. The van der Waals surface area contributed by atoms with Gasteiger partial charge in [0, 0.05) is 17.3 Å². The summed E-state index contributed by atoms with van der Waals surface area (Å²) in [7, 11) is 0. The minimum absolute atomic E-state index is 0.00268. The summed E-state index contributed by atoms with van der Waals surface area (Å²) < 4.78 is 4.81. The number of hydrogen-bond acceptors (Lipinski definition) is 7. The molecular formula is C17H30O7. The highest BCUT2D eigenvalue weighted by molar-refractivity contribution is 5.93. The molecule has 0 saturated carbocycles. The molecule has 7 nitrogen and oxygen atoms in total. The number of aliphatic hydroxyl groups is 3. The zero-order valence-electron chi connectivity index (χ0n) is 15.5. The number of aliphatic hydroxyl groups excluding tert-OH is 2. The molecule has 0 aliphatic carbocycles. The van der Waals surface area contributed by atoms with Crippen LogP contribution >= 0.6 is 0 Å². The molecule has 0 heterocycles. The van der Waals surface area contributed by atoms with E-state index in [9.17, 15) is 29.7 Å². The summed E-state index contributed by atoms with van der Waals surface area (Å²) in [6.07, 6.45) is -4.19. The Morgan fingerprint density at radius 1 is 0.875 bits per heavy atom. The van der Waals surface area contributed by atoms with Crippen molar-refractivity contribution < 1.29 is 34.4 Å². The zero-order chi connectivity index (χ0) is 19.5. The minimum Gasteiger partial charge on any atom is -0.462 e. The van der Waals surface area contributed by atoms with Gasteiger partial charge in [0.05, 0.1) is 0 Å². The van der Waals surface area contributed by atoms with Gasteiger partial charge in [-0.25, -0.2) is 0 Å². The Kier molecular flexibility index (Phi) is 7.29. The molecule has 140 valence electrons. The third-order valence-electron chi connectivity index (χ3n) is 3.68. The lowest BCUT2D eigenvalue weighted by atomic mass is 9.74. The molecular weight excluding hydrogens is 316 g/mol. The average molecular weight is 346 g/mol. The first-order valence-corrected chi connectivity index (χ1v) is 7.91. The normalized spacial score (nSPS) is 17.6. The van der Waals surface area contributed by atoms with E-state index in [-0.39, 0.29) is 6.42 Å². The van der Waals surface area contributed by atoms with Gasteiger partial charge in [0.2, 0.25) is 0 Å². The summed E-state index contributed by atoms with van der Waals surface area (Å²) in [5.74, 6) is -2.25. The van der Waals surface area contributed by atoms with E-state index >= 15 is 0 Å². The summed E-state index contributed by atoms with van der Waals surface area (Å²) in [5.41, 5.74) is -4.70. The van der Waals surface area contributed by atoms with E-state index in [1.54, 1.807) is 0 Å². The second-order valence-corrected chi connectivity index (χ2v) is 8.04. The predicted octanol–water partition coefficient (Wildman–Crippen LogP) is 0.623. The summed E-state index contributed by atoms with van der Waals surface area (Å²) >= 11 is 0. The zero-order valence-corrected chi connectivity index (χ0v) is 15.5. The second kappa shape index (κ2) is 7.72. The fourth-order valence-corrected chi connectivity index (χ4v) is 1.88. The molecule has 2 unspecified atom stereocenters. The van der Waals surface area contributed by atoms with Crippen molar-refractivity contribution in [3.8, 4) is 0 Å². The highest BCUT2D eigenvalue weighted by atomic mass is 16.5. The summed E-state index contributed by atoms with van der Waals surface area (Å²) in [6, 6.07) is 0. The number of esters is 1. The molecule has 2 atom stereocenters. The lowest BCUT2D eigenvalue weighted by Gasteiger charge is -2.39. The Bertz CT molecular complexity index is 450. The van der Waals surface area contributed by atoms with Crippen LogP contribution < -0.4 is 0 Å². The molecule has 0 amide bonds. The van der Waals surface area contributed by atoms with Crippen LogP contribution in [0.1, 0.15) is 54.9 Å². The maximum atomic E-state index is 12.3. The third-order valence-corrected chi connectivity index (χ3v) is 3.68. The second-order valence-electron chi connectivity index (χ2n) is 8.04. The Morgan fingerprint density at radius 3 is 1.46 bits per heavy atom. The van der Waals surface area contributed by atoms with Crippen LogP contribution in [0.4, 0.5) is 0 Å². The van der Waals surface area contributed by atoms with Crippen LogP contribution in [0.5, 0.6) is 0 Å². The van der Waals surface area contributed by atoms with Crippen LogP contribution in [0.2, 0.25) is 0 Å². The molecule has 7 heteroatoms. The molecule has 0 bridgehead atoms. The molecule has 0 saturated heterocycles. The van der Waals surface area contributed by atoms with Crippen molar-refractivity contribution >= 4 is 17.5 Å². The maximum absolute atomic E-state index is 12.3. The first-order chi connectivity index (χ1) is 10.6. The minimum atomic E-state index is -2.63. The van der Waals surface area contributed by atoms with Gasteiger partial charge in [-0.15, -0.1) is 0 Å². The van der Waals surface area contributed by atoms with Crippen molar-refractivity contribution in [2.45, 2.75) is 72.7 Å². The molecule has 0 aromatic carbocycles. The van der Waals surface area contributed by atoms with E-state index in [2.05, 4.69) is 0 Å². The maximum Gasteiger partial charge on any atom is 0.305 e. The highest BCUT2D eigenvalue weighted by Gasteiger charge is 2.53. The van der Waals surface area contributed by atoms with Crippen molar-refractivity contribution in [1.29, 1.82) is 0 Å². The van der Waals surface area contributed by atoms with E-state index in [1.165, 1.54) is 48.5 Å². The van der Waals surface area contributed by atoms with E-state index in [1.807, 2.05) is 0 Å². The van der Waals surface area contributed by atoms with Gasteiger partial charge >= 0.3 is 5.97 Å². The summed E-state index contributed by atoms with van der Waals surface area (Å²) in [6.45, 7) is 9.79. The van der Waals surface area contributed by atoms with Gasteiger partial charge in [0.1, 0.15) is 18.8 Å². The first-order valence-electron chi connectivity index (χ1n) is 7.91. The number of carbonyl (C=O) groups is 3. The van der Waals surface area contributed by atoms with Gasteiger partial charge in [0.25, 0.3) is 0 Å². The highest BCUT2D eigenvalue weighted by Crippen LogP contribution is 2.29. The summed E-state index contributed by atoms with van der Waals surface area (Å²) in [5, 5.41) is 31.4. The van der Waals surface area contributed by atoms with Gasteiger partial charge in [-0.3, -0.25) is 14.4 Å². The van der Waals surface area contributed by atoms with Gasteiger partial charge in [-0.1, -0.05) is 48.5 Å². The molecule has 0 radical (unpaired) electrons. The fraction of sp³-hybridized carbons (Fsp3) is 0.824. The average Bonchev–Trinajstić information content (AvgIpc) is 2.47. The largest absolute Gasteiger partial charge is 0.462 e. The molecule has 0 rings (SSSR count). The Balaban J connectivity index is 5.79. The quantitative estimate of drug-likeness (QED) is 0.578. The van der Waals surface area contributed by atoms with Crippen LogP contribution in [-0.2, 0) is 19.1 Å². The van der Waals surface area contributed by atoms with E-state index in [0.717, 1.165) is 0 Å². The van der Waals surface area contributed by atoms with E-state index < -0.39 is 52.8 Å². The number of rotatable bonds is 7. The molecule has 0 aromatic heterocycles. The molecule has 0 aromatic rings. The third kappa shape index (κ3) is 5.36. The van der Waals surface area contributed by atoms with Crippen molar-refractivity contribution in [2.24, 2.45) is 10.8 Å². The van der Waals surface area contributed by atoms with Crippen molar-refractivity contribution in [1.82, 2.24) is 0 Å². The number of ether oxygens (including phenoxy) is 1. The van der Waals surface area contributed by atoms with Gasteiger partial charge in [-0.05, 0) is 0 Å². The number of Topliss-reactive ketones (excluding diaryl/α,β-unsaturated/α-hetero) is 2. The van der Waals surface area contributed by atoms with Crippen molar-refractivity contribution in [3.63, 3.8) is 0 Å². The molecule has 24 heavy (non-hydrogen) atoms. The molecule has 3 N–H and O–H groups in total. The van der Waals surface area contributed by atoms with Crippen LogP contribution in [0.3, 0.4) is 0 Å². The smallest absolute Gasteiger partial charge is 0.305 e. The Hall–Kier alpha value is -1.31. The monoisotopic (exact) mass is 346 g/mol. The van der Waals surface area contributed by atoms with Gasteiger partial charge < -0.3 is 20.1 Å². The number of hydrogen-bond donors (Lipinski definition) is 3. The van der Waals surface area contributed by atoms with Crippen LogP contribution in [-0.4, -0.2) is 57.3 Å². The lowest BCUT2D eigenvalue weighted by molar-refractivity contribution is -0.197.